The first-order valence-electron chi connectivity index (χ1n) is 12.5. The topological polar surface area (TPSA) is 47.1 Å². The SMILES string of the molecule is CC(=O)C1CCC(C(=O)N2CCC(N3CCCC(N4CCN(C)CC4)C3)CC2)CC1. The van der Waals surface area contributed by atoms with Crippen LogP contribution in [0.5, 0.6) is 0 Å². The maximum absolute atomic E-state index is 13.0. The van der Waals surface area contributed by atoms with E-state index in [1.54, 1.807) is 6.92 Å². The van der Waals surface area contributed by atoms with Crippen molar-refractivity contribution in [1.82, 2.24) is 19.6 Å². The standard InChI is InChI=1S/C24H42N4O2/c1-19(29)20-5-7-21(8-6-20)24(30)27-12-9-22(10-13-27)28-11-3-4-23(18-28)26-16-14-25(2)15-17-26/h20-23H,3-18H2,1-2H3. The summed E-state index contributed by atoms with van der Waals surface area (Å²) in [5, 5.41) is 0. The molecule has 1 aliphatic carbocycles. The molecule has 3 aliphatic heterocycles. The lowest BCUT2D eigenvalue weighted by atomic mass is 9.79. The average molecular weight is 419 g/mol. The van der Waals surface area contributed by atoms with Crippen molar-refractivity contribution in [2.24, 2.45) is 11.8 Å². The van der Waals surface area contributed by atoms with Crippen LogP contribution in [0.3, 0.4) is 0 Å². The first-order chi connectivity index (χ1) is 14.5. The van der Waals surface area contributed by atoms with Crippen LogP contribution in [0.4, 0.5) is 0 Å². The van der Waals surface area contributed by atoms with Crippen molar-refractivity contribution in [2.75, 3.05) is 59.4 Å². The number of carbonyl (C=O) groups is 2. The quantitative estimate of drug-likeness (QED) is 0.700. The van der Waals surface area contributed by atoms with Crippen molar-refractivity contribution >= 4 is 11.7 Å². The molecule has 1 amide bonds. The minimum atomic E-state index is 0.161. The molecule has 4 fully saturated rings. The van der Waals surface area contributed by atoms with E-state index in [0.717, 1.165) is 57.7 Å². The highest BCUT2D eigenvalue weighted by Crippen LogP contribution is 2.32. The fourth-order valence-electron chi connectivity index (χ4n) is 6.26. The number of piperidine rings is 2. The Balaban J connectivity index is 1.22. The summed E-state index contributed by atoms with van der Waals surface area (Å²) >= 11 is 0. The first kappa shape index (κ1) is 22.2. The molecule has 3 saturated heterocycles. The van der Waals surface area contributed by atoms with Crippen molar-refractivity contribution < 1.29 is 9.59 Å². The summed E-state index contributed by atoms with van der Waals surface area (Å²) in [6.45, 7) is 10.8. The Hall–Kier alpha value is -0.980. The van der Waals surface area contributed by atoms with Crippen LogP contribution in [0.2, 0.25) is 0 Å². The molecule has 0 aromatic rings. The van der Waals surface area contributed by atoms with Gasteiger partial charge in [0.05, 0.1) is 0 Å². The van der Waals surface area contributed by atoms with Crippen LogP contribution in [0.1, 0.15) is 58.3 Å². The lowest BCUT2D eigenvalue weighted by Gasteiger charge is -2.46. The average Bonchev–Trinajstić information content (AvgIpc) is 2.79. The Labute approximate surface area is 182 Å². The number of piperazine rings is 1. The zero-order valence-electron chi connectivity index (χ0n) is 19.2. The van der Waals surface area contributed by atoms with Gasteiger partial charge < -0.3 is 9.80 Å². The summed E-state index contributed by atoms with van der Waals surface area (Å²) in [4.78, 5) is 34.7. The molecule has 4 rings (SSSR count). The maximum atomic E-state index is 13.0. The van der Waals surface area contributed by atoms with Crippen molar-refractivity contribution in [1.29, 1.82) is 0 Å². The second-order valence-electron chi connectivity index (χ2n) is 10.3. The molecule has 6 heteroatoms. The molecule has 0 spiro atoms. The van der Waals surface area contributed by atoms with Gasteiger partial charge in [0, 0.05) is 69.7 Å². The molecule has 1 unspecified atom stereocenters. The summed E-state index contributed by atoms with van der Waals surface area (Å²) in [6, 6.07) is 1.38. The van der Waals surface area contributed by atoms with Gasteiger partial charge in [0.15, 0.2) is 0 Å². The Morgan fingerprint density at radius 1 is 0.667 bits per heavy atom. The van der Waals surface area contributed by atoms with Crippen LogP contribution >= 0.6 is 0 Å². The van der Waals surface area contributed by atoms with E-state index >= 15 is 0 Å². The number of nitrogens with zero attached hydrogens (tertiary/aromatic N) is 4. The summed E-state index contributed by atoms with van der Waals surface area (Å²) < 4.78 is 0. The van der Waals surface area contributed by atoms with Gasteiger partial charge in [-0.15, -0.1) is 0 Å². The molecular formula is C24H42N4O2. The highest BCUT2D eigenvalue weighted by atomic mass is 16.2. The van der Waals surface area contributed by atoms with E-state index in [1.807, 2.05) is 0 Å². The Bertz CT molecular complexity index is 588. The number of hydrogen-bond acceptors (Lipinski definition) is 5. The number of carbonyl (C=O) groups excluding carboxylic acids is 2. The molecule has 170 valence electrons. The van der Waals surface area contributed by atoms with Crippen LogP contribution in [0.15, 0.2) is 0 Å². The van der Waals surface area contributed by atoms with Crippen LogP contribution in [-0.4, -0.2) is 103 Å². The number of amides is 1. The third-order valence-corrected chi connectivity index (χ3v) is 8.43. The van der Waals surface area contributed by atoms with Gasteiger partial charge in [-0.3, -0.25) is 19.4 Å². The molecule has 0 aromatic heterocycles. The van der Waals surface area contributed by atoms with Gasteiger partial charge in [0.25, 0.3) is 0 Å². The smallest absolute Gasteiger partial charge is 0.225 e. The minimum Gasteiger partial charge on any atom is -0.342 e. The van der Waals surface area contributed by atoms with Gasteiger partial charge in [0.1, 0.15) is 5.78 Å². The van der Waals surface area contributed by atoms with Crippen molar-refractivity contribution in [3.63, 3.8) is 0 Å². The maximum Gasteiger partial charge on any atom is 0.225 e. The van der Waals surface area contributed by atoms with Crippen LogP contribution in [0.25, 0.3) is 0 Å². The summed E-state index contributed by atoms with van der Waals surface area (Å²) in [6.07, 6.45) is 8.54. The Kier molecular flexibility index (Phi) is 7.48. The van der Waals surface area contributed by atoms with E-state index in [9.17, 15) is 9.59 Å². The number of rotatable bonds is 4. The normalized spacial score (nSPS) is 33.5. The van der Waals surface area contributed by atoms with Gasteiger partial charge in [-0.25, -0.2) is 0 Å². The molecule has 30 heavy (non-hydrogen) atoms. The van der Waals surface area contributed by atoms with E-state index in [4.69, 9.17) is 0 Å². The van der Waals surface area contributed by atoms with Crippen LogP contribution in [-0.2, 0) is 9.59 Å². The number of likely N-dealkylation sites (N-methyl/N-ethyl adjacent to an activating group) is 1. The Morgan fingerprint density at radius 2 is 1.30 bits per heavy atom. The van der Waals surface area contributed by atoms with E-state index < -0.39 is 0 Å². The second-order valence-corrected chi connectivity index (χ2v) is 10.3. The van der Waals surface area contributed by atoms with Gasteiger partial charge in [-0.2, -0.15) is 0 Å². The largest absolute Gasteiger partial charge is 0.342 e. The Morgan fingerprint density at radius 3 is 1.93 bits per heavy atom. The lowest BCUT2D eigenvalue weighted by Crippen LogP contribution is -2.57. The highest BCUT2D eigenvalue weighted by Gasteiger charge is 2.35. The molecule has 4 aliphatic rings. The molecule has 6 nitrogen and oxygen atoms in total. The van der Waals surface area contributed by atoms with E-state index in [0.29, 0.717) is 17.7 Å². The first-order valence-corrected chi connectivity index (χ1v) is 12.5. The van der Waals surface area contributed by atoms with E-state index in [2.05, 4.69) is 26.6 Å². The van der Waals surface area contributed by atoms with Crippen molar-refractivity contribution in [2.45, 2.75) is 70.4 Å². The zero-order valence-corrected chi connectivity index (χ0v) is 19.2. The lowest BCUT2D eigenvalue weighted by molar-refractivity contribution is -0.139. The van der Waals surface area contributed by atoms with E-state index in [-0.39, 0.29) is 11.8 Å². The summed E-state index contributed by atoms with van der Waals surface area (Å²) in [5.74, 6) is 1.03. The third-order valence-electron chi connectivity index (χ3n) is 8.43. The molecule has 0 radical (unpaired) electrons. The number of hydrogen-bond donors (Lipinski definition) is 0. The van der Waals surface area contributed by atoms with Gasteiger partial charge in [0.2, 0.25) is 5.91 Å². The zero-order chi connectivity index (χ0) is 21.1. The van der Waals surface area contributed by atoms with Gasteiger partial charge in [-0.05, 0) is 71.9 Å². The third kappa shape index (κ3) is 5.25. The summed E-state index contributed by atoms with van der Waals surface area (Å²) in [5.41, 5.74) is 0. The highest BCUT2D eigenvalue weighted by molar-refractivity contribution is 5.81. The monoisotopic (exact) mass is 418 g/mol. The molecule has 1 saturated carbocycles. The molecule has 3 heterocycles. The van der Waals surface area contributed by atoms with Crippen molar-refractivity contribution in [3.8, 4) is 0 Å². The molecule has 0 bridgehead atoms. The molecule has 1 atom stereocenters. The van der Waals surface area contributed by atoms with Crippen molar-refractivity contribution in [3.05, 3.63) is 0 Å². The van der Waals surface area contributed by atoms with Gasteiger partial charge in [-0.1, -0.05) is 0 Å². The number of ketones is 1. The number of Topliss-reactive ketones (excluding diaryl/α,β-unsaturated/α-hetero) is 1. The molecule has 0 N–H and O–H groups in total. The predicted molar refractivity (Wildman–Crippen MR) is 119 cm³/mol. The molecular weight excluding hydrogens is 376 g/mol. The van der Waals surface area contributed by atoms with Crippen LogP contribution in [0, 0.1) is 11.8 Å². The van der Waals surface area contributed by atoms with Gasteiger partial charge >= 0.3 is 0 Å². The predicted octanol–water partition coefficient (Wildman–Crippen LogP) is 2.08. The fraction of sp³-hybridized carbons (Fsp3) is 0.917. The second kappa shape index (κ2) is 10.1. The van der Waals surface area contributed by atoms with Crippen LogP contribution < -0.4 is 0 Å². The minimum absolute atomic E-state index is 0.161. The fourth-order valence-corrected chi connectivity index (χ4v) is 6.26. The molecule has 0 aromatic carbocycles. The summed E-state index contributed by atoms with van der Waals surface area (Å²) in [7, 11) is 2.23. The number of likely N-dealkylation sites (tertiary alicyclic amines) is 2. The van der Waals surface area contributed by atoms with E-state index in [1.165, 1.54) is 52.1 Å².